The van der Waals surface area contributed by atoms with Crippen LogP contribution < -0.4 is 10.6 Å². The van der Waals surface area contributed by atoms with Crippen molar-refractivity contribution in [2.24, 2.45) is 0 Å². The van der Waals surface area contributed by atoms with Gasteiger partial charge in [0.15, 0.2) is 0 Å². The third-order valence-electron chi connectivity index (χ3n) is 4.62. The molecule has 2 N–H and O–H groups in total. The molecule has 0 saturated carbocycles. The van der Waals surface area contributed by atoms with Crippen molar-refractivity contribution < 1.29 is 9.59 Å². The van der Waals surface area contributed by atoms with E-state index in [4.69, 9.17) is 5.26 Å². The summed E-state index contributed by atoms with van der Waals surface area (Å²) in [5.74, 6) is -0.469. The van der Waals surface area contributed by atoms with Gasteiger partial charge in [-0.1, -0.05) is 24.3 Å². The number of rotatable bonds is 6. The van der Waals surface area contributed by atoms with E-state index in [1.54, 1.807) is 43.1 Å². The number of para-hydroxylation sites is 1. The SMILES string of the molecule is Cc1cccc(NC(=O)CN(C)C(C)C(=O)Nc2ccccc2C#N)c1C. The summed E-state index contributed by atoms with van der Waals surface area (Å²) in [6, 6.07) is 14.1. The van der Waals surface area contributed by atoms with E-state index >= 15 is 0 Å². The Morgan fingerprint density at radius 1 is 1.07 bits per heavy atom. The molecule has 2 aromatic carbocycles. The first kappa shape index (κ1) is 20.1. The number of hydrogen-bond donors (Lipinski definition) is 2. The zero-order valence-electron chi connectivity index (χ0n) is 16.0. The molecule has 27 heavy (non-hydrogen) atoms. The van der Waals surface area contributed by atoms with E-state index in [2.05, 4.69) is 10.6 Å². The Morgan fingerprint density at radius 3 is 2.44 bits per heavy atom. The third-order valence-corrected chi connectivity index (χ3v) is 4.62. The number of amides is 2. The van der Waals surface area contributed by atoms with E-state index in [1.807, 2.05) is 38.1 Å². The lowest BCUT2D eigenvalue weighted by molar-refractivity contribution is -0.122. The highest BCUT2D eigenvalue weighted by Gasteiger charge is 2.21. The summed E-state index contributed by atoms with van der Waals surface area (Å²) in [7, 11) is 1.71. The molecule has 6 heteroatoms. The minimum Gasteiger partial charge on any atom is -0.325 e. The molecule has 0 aromatic heterocycles. The van der Waals surface area contributed by atoms with Crippen molar-refractivity contribution in [2.75, 3.05) is 24.2 Å². The van der Waals surface area contributed by atoms with E-state index in [-0.39, 0.29) is 18.4 Å². The lowest BCUT2D eigenvalue weighted by atomic mass is 10.1. The van der Waals surface area contributed by atoms with Crippen molar-refractivity contribution >= 4 is 23.2 Å². The van der Waals surface area contributed by atoms with Gasteiger partial charge in [0, 0.05) is 5.69 Å². The molecule has 0 fully saturated rings. The fraction of sp³-hybridized carbons (Fsp3) is 0.286. The molecule has 0 bridgehead atoms. The van der Waals surface area contributed by atoms with Crippen LogP contribution in [0.1, 0.15) is 23.6 Å². The largest absolute Gasteiger partial charge is 0.325 e. The molecule has 2 aromatic rings. The molecule has 6 nitrogen and oxygen atoms in total. The number of nitrogens with zero attached hydrogens (tertiary/aromatic N) is 2. The van der Waals surface area contributed by atoms with Crippen LogP contribution in [0, 0.1) is 25.2 Å². The van der Waals surface area contributed by atoms with Gasteiger partial charge < -0.3 is 10.6 Å². The number of nitrogens with one attached hydrogen (secondary N) is 2. The zero-order valence-corrected chi connectivity index (χ0v) is 16.0. The highest BCUT2D eigenvalue weighted by molar-refractivity contribution is 5.97. The van der Waals surface area contributed by atoms with E-state index < -0.39 is 6.04 Å². The first-order valence-corrected chi connectivity index (χ1v) is 8.69. The number of carbonyl (C=O) groups excluding carboxylic acids is 2. The number of hydrogen-bond acceptors (Lipinski definition) is 4. The average molecular weight is 364 g/mol. The average Bonchev–Trinajstić information content (AvgIpc) is 2.65. The maximum absolute atomic E-state index is 12.5. The molecule has 2 rings (SSSR count). The summed E-state index contributed by atoms with van der Waals surface area (Å²) in [6.07, 6.45) is 0. The van der Waals surface area contributed by atoms with Crippen LogP contribution >= 0.6 is 0 Å². The lowest BCUT2D eigenvalue weighted by Crippen LogP contribution is -2.43. The predicted molar refractivity (Wildman–Crippen MR) is 106 cm³/mol. The van der Waals surface area contributed by atoms with Gasteiger partial charge in [-0.05, 0) is 57.1 Å². The number of carbonyl (C=O) groups is 2. The molecular weight excluding hydrogens is 340 g/mol. The van der Waals surface area contributed by atoms with Crippen molar-refractivity contribution in [1.29, 1.82) is 5.26 Å². The molecule has 0 heterocycles. The molecule has 0 aliphatic rings. The molecule has 0 radical (unpaired) electrons. The van der Waals surface area contributed by atoms with Crippen molar-refractivity contribution in [3.05, 3.63) is 59.2 Å². The van der Waals surface area contributed by atoms with Gasteiger partial charge in [-0.2, -0.15) is 5.26 Å². The third kappa shape index (κ3) is 5.16. The summed E-state index contributed by atoms with van der Waals surface area (Å²) in [5.41, 5.74) is 3.75. The minimum atomic E-state index is -0.541. The zero-order chi connectivity index (χ0) is 20.0. The normalized spacial score (nSPS) is 11.6. The van der Waals surface area contributed by atoms with Crippen LogP contribution in [0.3, 0.4) is 0 Å². The molecule has 2 amide bonds. The molecule has 0 spiro atoms. The summed E-state index contributed by atoms with van der Waals surface area (Å²) in [5, 5.41) is 14.8. The van der Waals surface area contributed by atoms with Crippen LogP contribution in [0.4, 0.5) is 11.4 Å². The fourth-order valence-electron chi connectivity index (χ4n) is 2.57. The highest BCUT2D eigenvalue weighted by atomic mass is 16.2. The van der Waals surface area contributed by atoms with E-state index in [9.17, 15) is 9.59 Å². The molecule has 1 unspecified atom stereocenters. The summed E-state index contributed by atoms with van der Waals surface area (Å²) < 4.78 is 0. The smallest absolute Gasteiger partial charge is 0.241 e. The number of aryl methyl sites for hydroxylation is 1. The van der Waals surface area contributed by atoms with Crippen LogP contribution in [-0.2, 0) is 9.59 Å². The molecular formula is C21H24N4O2. The number of anilines is 2. The second kappa shape index (κ2) is 8.97. The second-order valence-electron chi connectivity index (χ2n) is 6.53. The van der Waals surface area contributed by atoms with Gasteiger partial charge in [0.1, 0.15) is 6.07 Å². The Balaban J connectivity index is 1.97. The van der Waals surface area contributed by atoms with Gasteiger partial charge in [-0.25, -0.2) is 0 Å². The Bertz CT molecular complexity index is 886. The van der Waals surface area contributed by atoms with Crippen LogP contribution in [-0.4, -0.2) is 36.3 Å². The van der Waals surface area contributed by atoms with Crippen LogP contribution in [0.5, 0.6) is 0 Å². The number of nitriles is 1. The van der Waals surface area contributed by atoms with Crippen molar-refractivity contribution in [3.63, 3.8) is 0 Å². The quantitative estimate of drug-likeness (QED) is 0.825. The van der Waals surface area contributed by atoms with Crippen LogP contribution in [0.15, 0.2) is 42.5 Å². The molecule has 0 aliphatic heterocycles. The first-order chi connectivity index (χ1) is 12.8. The Kier molecular flexibility index (Phi) is 6.69. The van der Waals surface area contributed by atoms with Crippen LogP contribution in [0.2, 0.25) is 0 Å². The maximum atomic E-state index is 12.5. The first-order valence-electron chi connectivity index (χ1n) is 8.69. The van der Waals surface area contributed by atoms with Gasteiger partial charge in [0.05, 0.1) is 23.8 Å². The van der Waals surface area contributed by atoms with E-state index in [1.165, 1.54) is 0 Å². The number of likely N-dealkylation sites (N-methyl/N-ethyl adjacent to an activating group) is 1. The van der Waals surface area contributed by atoms with Crippen LogP contribution in [0.25, 0.3) is 0 Å². The Labute approximate surface area is 159 Å². The minimum absolute atomic E-state index is 0.0713. The topological polar surface area (TPSA) is 85.2 Å². The van der Waals surface area contributed by atoms with Gasteiger partial charge in [0.2, 0.25) is 11.8 Å². The lowest BCUT2D eigenvalue weighted by Gasteiger charge is -2.23. The van der Waals surface area contributed by atoms with Crippen molar-refractivity contribution in [2.45, 2.75) is 26.8 Å². The summed E-state index contributed by atoms with van der Waals surface area (Å²) in [4.78, 5) is 26.5. The predicted octanol–water partition coefficient (Wildman–Crippen LogP) is 3.07. The Hall–Kier alpha value is -3.17. The van der Waals surface area contributed by atoms with Gasteiger partial charge >= 0.3 is 0 Å². The van der Waals surface area contributed by atoms with Crippen molar-refractivity contribution in [3.8, 4) is 6.07 Å². The summed E-state index contributed by atoms with van der Waals surface area (Å²) >= 11 is 0. The van der Waals surface area contributed by atoms with E-state index in [0.29, 0.717) is 11.3 Å². The molecule has 1 atom stereocenters. The summed E-state index contributed by atoms with van der Waals surface area (Å²) in [6.45, 7) is 5.73. The standard InChI is InChI=1S/C21H24N4O2/c1-14-8-7-11-18(15(14)2)23-20(26)13-25(4)16(3)21(27)24-19-10-6-5-9-17(19)12-22/h5-11,16H,13H2,1-4H3,(H,23,26)(H,24,27). The van der Waals surface area contributed by atoms with Crippen molar-refractivity contribution in [1.82, 2.24) is 4.90 Å². The molecule has 140 valence electrons. The van der Waals surface area contributed by atoms with E-state index in [0.717, 1.165) is 16.8 Å². The number of benzene rings is 2. The van der Waals surface area contributed by atoms with Gasteiger partial charge in [0.25, 0.3) is 0 Å². The second-order valence-corrected chi connectivity index (χ2v) is 6.53. The highest BCUT2D eigenvalue weighted by Crippen LogP contribution is 2.18. The molecule has 0 saturated heterocycles. The molecule has 0 aliphatic carbocycles. The van der Waals surface area contributed by atoms with Gasteiger partial charge in [-0.15, -0.1) is 0 Å². The monoisotopic (exact) mass is 364 g/mol. The maximum Gasteiger partial charge on any atom is 0.241 e. The Morgan fingerprint density at radius 2 is 1.74 bits per heavy atom. The van der Waals surface area contributed by atoms with Gasteiger partial charge in [-0.3, -0.25) is 14.5 Å². The fourth-order valence-corrected chi connectivity index (χ4v) is 2.57.